The molecule has 0 unspecified atom stereocenters. The van der Waals surface area contributed by atoms with Gasteiger partial charge in [0.15, 0.2) is 0 Å². The number of hydrogen-bond donors (Lipinski definition) is 1. The van der Waals surface area contributed by atoms with Crippen LogP contribution in [0.25, 0.3) is 0 Å². The zero-order valence-corrected chi connectivity index (χ0v) is 10.5. The van der Waals surface area contributed by atoms with Gasteiger partial charge in [-0.1, -0.05) is 0 Å². The minimum atomic E-state index is -3.35. The summed E-state index contributed by atoms with van der Waals surface area (Å²) < 4.78 is 24.0. The summed E-state index contributed by atoms with van der Waals surface area (Å²) in [5, 5.41) is 2.61. The Kier molecular flexibility index (Phi) is 4.23. The zero-order valence-electron chi connectivity index (χ0n) is 8.88. The van der Waals surface area contributed by atoms with E-state index in [2.05, 4.69) is 15.3 Å². The molecule has 1 N–H and O–H groups in total. The van der Waals surface area contributed by atoms with Crippen LogP contribution in [0.4, 0.5) is 0 Å². The molecule has 16 heavy (non-hydrogen) atoms. The molecule has 1 aromatic heterocycles. The van der Waals surface area contributed by atoms with Crippen LogP contribution in [0, 0.1) is 6.92 Å². The average Bonchev–Trinajstić information content (AvgIpc) is 2.71. The molecule has 5 nitrogen and oxygen atoms in total. The van der Waals surface area contributed by atoms with Crippen LogP contribution in [0.2, 0.25) is 0 Å². The third-order valence-electron chi connectivity index (χ3n) is 2.48. The fourth-order valence-electron chi connectivity index (χ4n) is 1.61. The van der Waals surface area contributed by atoms with Gasteiger partial charge in [-0.05, 0) is 26.0 Å². The van der Waals surface area contributed by atoms with Crippen molar-refractivity contribution < 1.29 is 8.42 Å². The van der Waals surface area contributed by atoms with Gasteiger partial charge in [0, 0.05) is 18.4 Å². The van der Waals surface area contributed by atoms with Gasteiger partial charge in [-0.3, -0.25) is 0 Å². The third-order valence-corrected chi connectivity index (χ3v) is 4.47. The summed E-state index contributed by atoms with van der Waals surface area (Å²) in [6.07, 6.45) is 2.12. The van der Waals surface area contributed by atoms with E-state index in [1.54, 1.807) is 13.0 Å². The first-order chi connectivity index (χ1) is 7.10. The first-order valence-corrected chi connectivity index (χ1v) is 6.39. The Labute approximate surface area is 101 Å². The maximum Gasteiger partial charge on any atom is 0.247 e. The van der Waals surface area contributed by atoms with Crippen molar-refractivity contribution in [3.05, 3.63) is 18.0 Å². The van der Waals surface area contributed by atoms with Crippen LogP contribution < -0.4 is 5.32 Å². The summed E-state index contributed by atoms with van der Waals surface area (Å²) in [5.41, 5.74) is 0.675. The largest absolute Gasteiger partial charge is 0.315 e. The van der Waals surface area contributed by atoms with Crippen LogP contribution in [-0.2, 0) is 9.84 Å². The molecule has 0 radical (unpaired) electrons. The minimum absolute atomic E-state index is 0. The van der Waals surface area contributed by atoms with Gasteiger partial charge in [0.05, 0.1) is 5.25 Å². The van der Waals surface area contributed by atoms with Gasteiger partial charge in [0.1, 0.15) is 0 Å². The molecule has 1 atom stereocenters. The second-order valence-corrected chi connectivity index (χ2v) is 5.76. The van der Waals surface area contributed by atoms with Gasteiger partial charge >= 0.3 is 0 Å². The van der Waals surface area contributed by atoms with E-state index in [4.69, 9.17) is 0 Å². The van der Waals surface area contributed by atoms with Gasteiger partial charge in [-0.15, -0.1) is 12.4 Å². The normalized spacial score (nSPS) is 20.4. The first-order valence-electron chi connectivity index (χ1n) is 4.85. The molecule has 0 bridgehead atoms. The number of hydrogen-bond acceptors (Lipinski definition) is 5. The van der Waals surface area contributed by atoms with Crippen LogP contribution in [0.3, 0.4) is 0 Å². The first kappa shape index (κ1) is 13.3. The molecule has 1 saturated heterocycles. The van der Waals surface area contributed by atoms with Gasteiger partial charge in [0.2, 0.25) is 15.0 Å². The number of nitrogens with one attached hydrogen (secondary N) is 1. The van der Waals surface area contributed by atoms with E-state index < -0.39 is 9.84 Å². The molecular weight excluding hydrogens is 250 g/mol. The highest BCUT2D eigenvalue weighted by Gasteiger charge is 2.32. The SMILES string of the molecule is Cc1ccnc(S(=O)(=O)[C@H]2CCNC2)n1.Cl. The molecule has 1 fully saturated rings. The predicted octanol–water partition coefficient (Wildman–Crippen LogP) is 0.342. The fourth-order valence-corrected chi connectivity index (χ4v) is 3.15. The molecule has 90 valence electrons. The summed E-state index contributed by atoms with van der Waals surface area (Å²) in [6, 6.07) is 1.69. The lowest BCUT2D eigenvalue weighted by molar-refractivity contribution is 0.573. The van der Waals surface area contributed by atoms with Crippen molar-refractivity contribution in [1.29, 1.82) is 0 Å². The Morgan fingerprint density at radius 1 is 1.50 bits per heavy atom. The van der Waals surface area contributed by atoms with E-state index >= 15 is 0 Å². The molecule has 1 aromatic rings. The zero-order chi connectivity index (χ0) is 10.9. The topological polar surface area (TPSA) is 72.0 Å². The Bertz CT molecular complexity index is 458. The van der Waals surface area contributed by atoms with E-state index in [0.29, 0.717) is 18.7 Å². The maximum absolute atomic E-state index is 12.0. The number of nitrogens with zero attached hydrogens (tertiary/aromatic N) is 2. The highest BCUT2D eigenvalue weighted by atomic mass is 35.5. The lowest BCUT2D eigenvalue weighted by Crippen LogP contribution is -2.25. The Hall–Kier alpha value is -0.720. The van der Waals surface area contributed by atoms with E-state index in [9.17, 15) is 8.42 Å². The van der Waals surface area contributed by atoms with Crippen LogP contribution in [-0.4, -0.2) is 36.7 Å². The Morgan fingerprint density at radius 2 is 2.25 bits per heavy atom. The molecule has 2 rings (SSSR count). The Morgan fingerprint density at radius 3 is 2.81 bits per heavy atom. The summed E-state index contributed by atoms with van der Waals surface area (Å²) in [5.74, 6) is 0. The average molecular weight is 264 g/mol. The number of aromatic nitrogens is 2. The van der Waals surface area contributed by atoms with E-state index in [1.807, 2.05) is 0 Å². The number of aryl methyl sites for hydroxylation is 1. The lowest BCUT2D eigenvalue weighted by atomic mass is 10.4. The molecule has 2 heterocycles. The lowest BCUT2D eigenvalue weighted by Gasteiger charge is -2.08. The van der Waals surface area contributed by atoms with Crippen molar-refractivity contribution in [2.45, 2.75) is 23.8 Å². The summed E-state index contributed by atoms with van der Waals surface area (Å²) in [6.45, 7) is 3.00. The molecule has 0 amide bonds. The molecule has 1 aliphatic heterocycles. The highest BCUT2D eigenvalue weighted by molar-refractivity contribution is 7.91. The molecular formula is C9H14ClN3O2S. The van der Waals surface area contributed by atoms with Gasteiger partial charge in [-0.2, -0.15) is 0 Å². The van der Waals surface area contributed by atoms with E-state index in [0.717, 1.165) is 6.54 Å². The van der Waals surface area contributed by atoms with Crippen molar-refractivity contribution in [1.82, 2.24) is 15.3 Å². The maximum atomic E-state index is 12.0. The quantitative estimate of drug-likeness (QED) is 0.780. The molecule has 0 saturated carbocycles. The second-order valence-electron chi connectivity index (χ2n) is 3.64. The summed E-state index contributed by atoms with van der Waals surface area (Å²) >= 11 is 0. The van der Waals surface area contributed by atoms with Crippen molar-refractivity contribution in [2.24, 2.45) is 0 Å². The van der Waals surface area contributed by atoms with Crippen molar-refractivity contribution >= 4 is 22.2 Å². The highest BCUT2D eigenvalue weighted by Crippen LogP contribution is 2.16. The predicted molar refractivity (Wildman–Crippen MR) is 62.5 cm³/mol. The van der Waals surface area contributed by atoms with Crippen molar-refractivity contribution in [2.75, 3.05) is 13.1 Å². The van der Waals surface area contributed by atoms with Crippen molar-refractivity contribution in [3.8, 4) is 0 Å². The van der Waals surface area contributed by atoms with Gasteiger partial charge < -0.3 is 5.32 Å². The van der Waals surface area contributed by atoms with Crippen molar-refractivity contribution in [3.63, 3.8) is 0 Å². The van der Waals surface area contributed by atoms with E-state index in [1.165, 1.54) is 6.20 Å². The van der Waals surface area contributed by atoms with Crippen LogP contribution in [0.1, 0.15) is 12.1 Å². The molecule has 1 aliphatic rings. The minimum Gasteiger partial charge on any atom is -0.315 e. The molecule has 7 heteroatoms. The molecule has 0 aliphatic carbocycles. The fraction of sp³-hybridized carbons (Fsp3) is 0.556. The summed E-state index contributed by atoms with van der Waals surface area (Å²) in [4.78, 5) is 7.79. The molecule has 0 aromatic carbocycles. The standard InChI is InChI=1S/C9H13N3O2S.ClH/c1-7-2-5-11-9(12-7)15(13,14)8-3-4-10-6-8;/h2,5,8,10H,3-4,6H2,1H3;1H/t8-;/m0./s1. The van der Waals surface area contributed by atoms with Gasteiger partial charge in [0.25, 0.3) is 0 Å². The summed E-state index contributed by atoms with van der Waals surface area (Å²) in [7, 11) is -3.35. The monoisotopic (exact) mass is 263 g/mol. The number of rotatable bonds is 2. The number of sulfone groups is 1. The second kappa shape index (κ2) is 5.07. The van der Waals surface area contributed by atoms with Crippen LogP contribution in [0.5, 0.6) is 0 Å². The smallest absolute Gasteiger partial charge is 0.247 e. The number of halogens is 1. The van der Waals surface area contributed by atoms with Crippen LogP contribution in [0.15, 0.2) is 17.4 Å². The van der Waals surface area contributed by atoms with Gasteiger partial charge in [-0.25, -0.2) is 18.4 Å². The van der Waals surface area contributed by atoms with Crippen LogP contribution >= 0.6 is 12.4 Å². The third kappa shape index (κ3) is 2.50. The van der Waals surface area contributed by atoms with E-state index in [-0.39, 0.29) is 22.8 Å². The Balaban J connectivity index is 0.00000128. The molecule has 0 spiro atoms.